The molecule has 1 fully saturated rings. The zero-order valence-electron chi connectivity index (χ0n) is 9.58. The lowest BCUT2D eigenvalue weighted by molar-refractivity contribution is 0.497. The fraction of sp³-hybridized carbons (Fsp3) is 0.417. The number of rotatable bonds is 2. The fourth-order valence-electron chi connectivity index (χ4n) is 2.32. The van der Waals surface area contributed by atoms with Crippen molar-refractivity contribution in [2.75, 3.05) is 11.5 Å². The van der Waals surface area contributed by atoms with Gasteiger partial charge in [0.2, 0.25) is 0 Å². The minimum absolute atomic E-state index is 0.127. The predicted octanol–water partition coefficient (Wildman–Crippen LogP) is 4.24. The van der Waals surface area contributed by atoms with Gasteiger partial charge in [0.05, 0.1) is 16.1 Å². The maximum absolute atomic E-state index is 13.6. The van der Waals surface area contributed by atoms with Gasteiger partial charge in [-0.05, 0) is 42.1 Å². The van der Waals surface area contributed by atoms with Crippen molar-refractivity contribution in [3.8, 4) is 0 Å². The number of fused-ring (bicyclic) bond motifs is 1. The van der Waals surface area contributed by atoms with Gasteiger partial charge in [-0.25, -0.2) is 4.39 Å². The summed E-state index contributed by atoms with van der Waals surface area (Å²) in [5.74, 6) is 2.59. The van der Waals surface area contributed by atoms with E-state index in [1.807, 2.05) is 16.3 Å². The zero-order chi connectivity index (χ0) is 12.7. The lowest BCUT2D eigenvalue weighted by Crippen LogP contribution is -2.09. The maximum atomic E-state index is 13.6. The highest BCUT2D eigenvalue weighted by molar-refractivity contribution is 7.99. The molecule has 18 heavy (non-hydrogen) atoms. The summed E-state index contributed by atoms with van der Waals surface area (Å²) in [6, 6.07) is 3.06. The molecule has 1 aromatic heterocycles. The minimum Gasteiger partial charge on any atom is -0.331 e. The Morgan fingerprint density at radius 3 is 3.11 bits per heavy atom. The molecule has 96 valence electrons. The van der Waals surface area contributed by atoms with E-state index in [0.717, 1.165) is 23.3 Å². The van der Waals surface area contributed by atoms with Crippen molar-refractivity contribution >= 4 is 46.6 Å². The molecule has 2 heterocycles. The first-order valence-corrected chi connectivity index (χ1v) is 7.74. The molecule has 6 heteroatoms. The van der Waals surface area contributed by atoms with E-state index in [4.69, 9.17) is 23.8 Å². The lowest BCUT2D eigenvalue weighted by atomic mass is 10.1. The molecular weight excluding hydrogens is 291 g/mol. The van der Waals surface area contributed by atoms with Crippen molar-refractivity contribution in [1.82, 2.24) is 9.55 Å². The highest BCUT2D eigenvalue weighted by Crippen LogP contribution is 2.28. The van der Waals surface area contributed by atoms with Gasteiger partial charge >= 0.3 is 0 Å². The third-order valence-corrected chi connectivity index (χ3v) is 5.12. The third-order valence-electron chi connectivity index (χ3n) is 3.28. The van der Waals surface area contributed by atoms with E-state index in [1.165, 1.54) is 18.2 Å². The van der Waals surface area contributed by atoms with E-state index in [1.54, 1.807) is 6.07 Å². The van der Waals surface area contributed by atoms with Crippen LogP contribution in [0.3, 0.4) is 0 Å². The van der Waals surface area contributed by atoms with Crippen LogP contribution in [-0.2, 0) is 6.54 Å². The number of halogens is 2. The van der Waals surface area contributed by atoms with Crippen molar-refractivity contribution in [3.05, 3.63) is 27.7 Å². The number of imidazole rings is 1. The summed E-state index contributed by atoms with van der Waals surface area (Å²) in [5.41, 5.74) is 1.61. The molecular formula is C12H12ClFN2S2. The average molecular weight is 303 g/mol. The number of benzene rings is 1. The van der Waals surface area contributed by atoms with E-state index in [2.05, 4.69) is 4.98 Å². The van der Waals surface area contributed by atoms with Gasteiger partial charge in [0.1, 0.15) is 5.82 Å². The van der Waals surface area contributed by atoms with Crippen LogP contribution in [-0.4, -0.2) is 21.1 Å². The van der Waals surface area contributed by atoms with Gasteiger partial charge in [0.15, 0.2) is 4.77 Å². The summed E-state index contributed by atoms with van der Waals surface area (Å²) >= 11 is 13.1. The summed E-state index contributed by atoms with van der Waals surface area (Å²) in [6.45, 7) is 0.854. The second kappa shape index (κ2) is 4.87. The van der Waals surface area contributed by atoms with Crippen LogP contribution in [0.5, 0.6) is 0 Å². The Labute approximate surface area is 119 Å². The van der Waals surface area contributed by atoms with E-state index in [9.17, 15) is 4.39 Å². The fourth-order valence-corrected chi connectivity index (χ4v) is 4.04. The Kier molecular flexibility index (Phi) is 3.38. The van der Waals surface area contributed by atoms with Gasteiger partial charge < -0.3 is 9.55 Å². The van der Waals surface area contributed by atoms with Crippen molar-refractivity contribution in [2.24, 2.45) is 5.92 Å². The van der Waals surface area contributed by atoms with Crippen molar-refractivity contribution < 1.29 is 4.39 Å². The number of hydrogen-bond acceptors (Lipinski definition) is 2. The molecule has 1 N–H and O–H groups in total. The Bertz CT molecular complexity index is 643. The molecule has 0 radical (unpaired) electrons. The second-order valence-electron chi connectivity index (χ2n) is 4.55. The lowest BCUT2D eigenvalue weighted by Gasteiger charge is -2.10. The molecule has 0 amide bonds. The van der Waals surface area contributed by atoms with Gasteiger partial charge in [-0.3, -0.25) is 0 Å². The minimum atomic E-state index is -0.396. The molecule has 1 aliphatic heterocycles. The van der Waals surface area contributed by atoms with Crippen molar-refractivity contribution in [3.63, 3.8) is 0 Å². The summed E-state index contributed by atoms with van der Waals surface area (Å²) in [4.78, 5) is 3.09. The van der Waals surface area contributed by atoms with Crippen LogP contribution >= 0.6 is 35.6 Å². The Hall–Kier alpha value is -0.520. The van der Waals surface area contributed by atoms with Gasteiger partial charge in [-0.2, -0.15) is 11.8 Å². The second-order valence-corrected chi connectivity index (χ2v) is 6.50. The largest absolute Gasteiger partial charge is 0.331 e. The Balaban J connectivity index is 2.07. The number of hydrogen-bond donors (Lipinski definition) is 1. The van der Waals surface area contributed by atoms with E-state index < -0.39 is 5.82 Å². The van der Waals surface area contributed by atoms with Crippen LogP contribution in [0.4, 0.5) is 4.39 Å². The summed E-state index contributed by atoms with van der Waals surface area (Å²) in [5, 5.41) is 0.127. The molecule has 2 aromatic rings. The van der Waals surface area contributed by atoms with Crippen LogP contribution < -0.4 is 0 Å². The number of aromatic amines is 1. The first-order valence-electron chi connectivity index (χ1n) is 5.80. The smallest absolute Gasteiger partial charge is 0.178 e. The first kappa shape index (κ1) is 12.5. The molecule has 2 nitrogen and oxygen atoms in total. The number of thioether (sulfide) groups is 1. The summed E-state index contributed by atoms with van der Waals surface area (Å²) < 4.78 is 16.2. The predicted molar refractivity (Wildman–Crippen MR) is 77.5 cm³/mol. The number of aromatic nitrogens is 2. The average Bonchev–Trinajstić information content (AvgIpc) is 2.92. The Morgan fingerprint density at radius 2 is 2.39 bits per heavy atom. The molecule has 3 rings (SSSR count). The standard InChI is InChI=1S/C12H12ClFN2S2/c13-8-3-10-11(4-9(8)14)16(12(17)15-10)5-7-1-2-18-6-7/h3-4,7H,1-2,5-6H2,(H,15,17). The van der Waals surface area contributed by atoms with Gasteiger partial charge in [-0.1, -0.05) is 11.6 Å². The molecule has 1 aliphatic rings. The van der Waals surface area contributed by atoms with Crippen molar-refractivity contribution in [2.45, 2.75) is 13.0 Å². The molecule has 1 unspecified atom stereocenters. The van der Waals surface area contributed by atoms with Gasteiger partial charge in [0.25, 0.3) is 0 Å². The monoisotopic (exact) mass is 302 g/mol. The maximum Gasteiger partial charge on any atom is 0.178 e. The van der Waals surface area contributed by atoms with Crippen LogP contribution in [0.15, 0.2) is 12.1 Å². The summed E-state index contributed by atoms with van der Waals surface area (Å²) in [6.07, 6.45) is 1.20. The van der Waals surface area contributed by atoms with Crippen LogP contribution in [0, 0.1) is 16.5 Å². The molecule has 0 saturated carbocycles. The molecule has 0 aliphatic carbocycles. The van der Waals surface area contributed by atoms with Crippen LogP contribution in [0.2, 0.25) is 5.02 Å². The molecule has 1 atom stereocenters. The van der Waals surface area contributed by atoms with E-state index in [-0.39, 0.29) is 5.02 Å². The third kappa shape index (κ3) is 2.19. The normalized spacial score (nSPS) is 19.8. The van der Waals surface area contributed by atoms with E-state index in [0.29, 0.717) is 10.7 Å². The zero-order valence-corrected chi connectivity index (χ0v) is 12.0. The summed E-state index contributed by atoms with van der Waals surface area (Å²) in [7, 11) is 0. The quantitative estimate of drug-likeness (QED) is 0.837. The molecule has 1 saturated heterocycles. The number of nitrogens with one attached hydrogen (secondary N) is 1. The van der Waals surface area contributed by atoms with Gasteiger partial charge in [0, 0.05) is 12.6 Å². The van der Waals surface area contributed by atoms with Crippen molar-refractivity contribution in [1.29, 1.82) is 0 Å². The number of H-pyrrole nitrogens is 1. The molecule has 0 spiro atoms. The Morgan fingerprint density at radius 1 is 1.56 bits per heavy atom. The first-order chi connectivity index (χ1) is 8.65. The number of nitrogens with zero attached hydrogens (tertiary/aromatic N) is 1. The molecule has 0 bridgehead atoms. The van der Waals surface area contributed by atoms with E-state index >= 15 is 0 Å². The highest BCUT2D eigenvalue weighted by atomic mass is 35.5. The molecule has 1 aromatic carbocycles. The highest BCUT2D eigenvalue weighted by Gasteiger charge is 2.18. The van der Waals surface area contributed by atoms with Gasteiger partial charge in [-0.15, -0.1) is 0 Å². The van der Waals surface area contributed by atoms with Crippen LogP contribution in [0.1, 0.15) is 6.42 Å². The SMILES string of the molecule is Fc1cc2c(cc1Cl)[nH]c(=S)n2CC1CCSC1. The van der Waals surface area contributed by atoms with Crippen LogP contribution in [0.25, 0.3) is 11.0 Å². The topological polar surface area (TPSA) is 20.7 Å².